The van der Waals surface area contributed by atoms with Crippen LogP contribution in [0.1, 0.15) is 44.0 Å². The molecule has 1 aliphatic rings. The van der Waals surface area contributed by atoms with E-state index in [-0.39, 0.29) is 23.6 Å². The molecular weight excluding hydrogens is 360 g/mol. The molecule has 1 atom stereocenters. The van der Waals surface area contributed by atoms with Gasteiger partial charge in [-0.1, -0.05) is 0 Å². The molecule has 1 aromatic carbocycles. The van der Waals surface area contributed by atoms with Gasteiger partial charge in [-0.2, -0.15) is 0 Å². The van der Waals surface area contributed by atoms with Gasteiger partial charge in [-0.25, -0.2) is 0 Å². The molecule has 0 aliphatic carbocycles. The van der Waals surface area contributed by atoms with Crippen LogP contribution >= 0.6 is 0 Å². The second kappa shape index (κ2) is 9.82. The summed E-state index contributed by atoms with van der Waals surface area (Å²) in [6, 6.07) is 6.52. The first-order valence-electron chi connectivity index (χ1n) is 9.38. The summed E-state index contributed by atoms with van der Waals surface area (Å²) in [7, 11) is 0. The third-order valence-corrected chi connectivity index (χ3v) is 4.57. The number of carbonyl (C=O) groups excluding carboxylic acids is 4. The monoisotopic (exact) mass is 386 g/mol. The largest absolute Gasteiger partial charge is 0.466 e. The quantitative estimate of drug-likeness (QED) is 0.461. The Morgan fingerprint density at radius 2 is 1.86 bits per heavy atom. The molecule has 1 N–H and O–H groups in total. The van der Waals surface area contributed by atoms with Crippen molar-refractivity contribution in [3.8, 4) is 0 Å². The van der Waals surface area contributed by atoms with Gasteiger partial charge in [0, 0.05) is 36.0 Å². The van der Waals surface area contributed by atoms with Crippen LogP contribution in [0.3, 0.4) is 0 Å². The Bertz CT molecular complexity index is 782. The highest BCUT2D eigenvalue weighted by Crippen LogP contribution is 2.19. The molecule has 0 radical (unpaired) electrons. The zero-order valence-corrected chi connectivity index (χ0v) is 16.5. The number of amides is 2. The van der Waals surface area contributed by atoms with E-state index >= 15 is 0 Å². The first-order chi connectivity index (χ1) is 13.3. The van der Waals surface area contributed by atoms with Gasteiger partial charge in [0.2, 0.25) is 11.8 Å². The lowest BCUT2D eigenvalue weighted by atomic mass is 9.97. The molecule has 1 heterocycles. The topological polar surface area (TPSA) is 92.8 Å². The van der Waals surface area contributed by atoms with E-state index in [1.807, 2.05) is 0 Å². The first kappa shape index (κ1) is 21.3. The summed E-state index contributed by atoms with van der Waals surface area (Å²) in [5, 5.41) is 2.67. The number of Topliss-reactive ketones (excluding diaryl/α,β-unsaturated/α-hetero) is 1. The number of hydrogen-bond donors (Lipinski definition) is 1. The zero-order valence-electron chi connectivity index (χ0n) is 16.5. The summed E-state index contributed by atoms with van der Waals surface area (Å²) in [4.78, 5) is 49.6. The number of hydrogen-bond acceptors (Lipinski definition) is 5. The van der Waals surface area contributed by atoms with Crippen LogP contribution in [0.4, 0.5) is 5.69 Å². The molecule has 7 nitrogen and oxygen atoms in total. The standard InChI is InChI=1S/C21H26N2O5/c1-4-28-21(27)17-6-5-11-23(13-17)20(26)14(2)12-19(25)22-18-9-7-16(8-10-18)15(3)24/h7-10,12,17H,4-6,11,13H2,1-3H3,(H,22,25)/b14-12-. The summed E-state index contributed by atoms with van der Waals surface area (Å²) in [6.45, 7) is 5.97. The second-order valence-electron chi connectivity index (χ2n) is 6.79. The van der Waals surface area contributed by atoms with E-state index in [4.69, 9.17) is 4.74 Å². The van der Waals surface area contributed by atoms with Crippen molar-refractivity contribution in [3.63, 3.8) is 0 Å². The molecule has 1 saturated heterocycles. The summed E-state index contributed by atoms with van der Waals surface area (Å²) in [5.74, 6) is -1.36. The van der Waals surface area contributed by atoms with Crippen LogP contribution in [0.2, 0.25) is 0 Å². The van der Waals surface area contributed by atoms with E-state index in [2.05, 4.69) is 5.32 Å². The number of benzene rings is 1. The van der Waals surface area contributed by atoms with Crippen molar-refractivity contribution in [3.05, 3.63) is 41.5 Å². The van der Waals surface area contributed by atoms with Crippen LogP contribution in [0, 0.1) is 5.92 Å². The molecule has 28 heavy (non-hydrogen) atoms. The van der Waals surface area contributed by atoms with Gasteiger partial charge in [0.05, 0.1) is 12.5 Å². The van der Waals surface area contributed by atoms with Crippen LogP contribution in [0.15, 0.2) is 35.9 Å². The fraction of sp³-hybridized carbons (Fsp3) is 0.429. The van der Waals surface area contributed by atoms with Crippen LogP contribution in [-0.2, 0) is 19.1 Å². The van der Waals surface area contributed by atoms with Gasteiger partial charge in [-0.15, -0.1) is 0 Å². The Morgan fingerprint density at radius 3 is 2.46 bits per heavy atom. The number of piperidine rings is 1. The maximum Gasteiger partial charge on any atom is 0.310 e. The number of rotatable bonds is 6. The highest BCUT2D eigenvalue weighted by molar-refractivity contribution is 6.06. The third kappa shape index (κ3) is 5.77. The molecule has 1 unspecified atom stereocenters. The molecule has 0 spiro atoms. The summed E-state index contributed by atoms with van der Waals surface area (Å²) >= 11 is 0. The normalized spacial score (nSPS) is 17.0. The van der Waals surface area contributed by atoms with Crippen molar-refractivity contribution < 1.29 is 23.9 Å². The van der Waals surface area contributed by atoms with E-state index in [1.165, 1.54) is 13.0 Å². The molecule has 150 valence electrons. The van der Waals surface area contributed by atoms with E-state index in [1.54, 1.807) is 43.0 Å². The number of esters is 1. The average Bonchev–Trinajstić information content (AvgIpc) is 2.68. The Labute approximate surface area is 164 Å². The Kier molecular flexibility index (Phi) is 7.49. The summed E-state index contributed by atoms with van der Waals surface area (Å²) in [5.41, 5.74) is 1.38. The summed E-state index contributed by atoms with van der Waals surface area (Å²) < 4.78 is 5.05. The van der Waals surface area contributed by atoms with Gasteiger partial charge >= 0.3 is 5.97 Å². The van der Waals surface area contributed by atoms with E-state index < -0.39 is 5.91 Å². The van der Waals surface area contributed by atoms with Crippen molar-refractivity contribution in [1.82, 2.24) is 4.90 Å². The maximum atomic E-state index is 12.6. The van der Waals surface area contributed by atoms with Gasteiger partial charge in [-0.3, -0.25) is 19.2 Å². The maximum absolute atomic E-state index is 12.6. The predicted octanol–water partition coefficient (Wildman–Crippen LogP) is 2.58. The lowest BCUT2D eigenvalue weighted by molar-refractivity contribution is -0.150. The molecule has 2 rings (SSSR count). The van der Waals surface area contributed by atoms with Gasteiger partial charge < -0.3 is 15.0 Å². The Morgan fingerprint density at radius 1 is 1.18 bits per heavy atom. The fourth-order valence-corrected chi connectivity index (χ4v) is 3.09. The van der Waals surface area contributed by atoms with Crippen LogP contribution in [-0.4, -0.2) is 48.2 Å². The molecule has 1 aromatic rings. The number of nitrogens with one attached hydrogen (secondary N) is 1. The van der Waals surface area contributed by atoms with E-state index in [0.29, 0.717) is 42.9 Å². The molecule has 7 heteroatoms. The van der Waals surface area contributed by atoms with Crippen LogP contribution in [0.5, 0.6) is 0 Å². The molecular formula is C21H26N2O5. The number of ether oxygens (including phenoxy) is 1. The lowest BCUT2D eigenvalue weighted by Crippen LogP contribution is -2.43. The average molecular weight is 386 g/mol. The lowest BCUT2D eigenvalue weighted by Gasteiger charge is -2.31. The van der Waals surface area contributed by atoms with Crippen molar-refractivity contribution in [2.45, 2.75) is 33.6 Å². The minimum Gasteiger partial charge on any atom is -0.466 e. The smallest absolute Gasteiger partial charge is 0.310 e. The van der Waals surface area contributed by atoms with Crippen molar-refractivity contribution in [2.75, 3.05) is 25.0 Å². The van der Waals surface area contributed by atoms with Gasteiger partial charge in [0.25, 0.3) is 0 Å². The first-order valence-corrected chi connectivity index (χ1v) is 9.38. The van der Waals surface area contributed by atoms with E-state index in [9.17, 15) is 19.2 Å². The molecule has 0 aromatic heterocycles. The fourth-order valence-electron chi connectivity index (χ4n) is 3.09. The zero-order chi connectivity index (χ0) is 20.7. The highest BCUT2D eigenvalue weighted by atomic mass is 16.5. The van der Waals surface area contributed by atoms with Crippen molar-refractivity contribution in [2.24, 2.45) is 5.92 Å². The molecule has 0 saturated carbocycles. The van der Waals surface area contributed by atoms with Crippen molar-refractivity contribution in [1.29, 1.82) is 0 Å². The molecule has 1 fully saturated rings. The Balaban J connectivity index is 1.97. The van der Waals surface area contributed by atoms with E-state index in [0.717, 1.165) is 6.42 Å². The van der Waals surface area contributed by atoms with Gasteiger partial charge in [0.1, 0.15) is 0 Å². The number of anilines is 1. The number of nitrogens with zero attached hydrogens (tertiary/aromatic N) is 1. The van der Waals surface area contributed by atoms with Crippen molar-refractivity contribution >= 4 is 29.3 Å². The number of carbonyl (C=O) groups is 4. The number of ketones is 1. The van der Waals surface area contributed by atoms with Crippen LogP contribution in [0.25, 0.3) is 0 Å². The van der Waals surface area contributed by atoms with Crippen LogP contribution < -0.4 is 5.32 Å². The minimum atomic E-state index is -0.430. The second-order valence-corrected chi connectivity index (χ2v) is 6.79. The minimum absolute atomic E-state index is 0.0538. The highest BCUT2D eigenvalue weighted by Gasteiger charge is 2.29. The molecule has 1 aliphatic heterocycles. The Hall–Kier alpha value is -2.96. The molecule has 2 amide bonds. The predicted molar refractivity (Wildman–Crippen MR) is 105 cm³/mol. The summed E-state index contributed by atoms with van der Waals surface area (Å²) in [6.07, 6.45) is 2.66. The molecule has 0 bridgehead atoms. The van der Waals surface area contributed by atoms with Gasteiger partial charge in [-0.05, 0) is 57.9 Å². The number of likely N-dealkylation sites (tertiary alicyclic amines) is 1. The third-order valence-electron chi connectivity index (χ3n) is 4.57. The van der Waals surface area contributed by atoms with Gasteiger partial charge in [0.15, 0.2) is 5.78 Å². The SMILES string of the molecule is CCOC(=O)C1CCCN(C(=O)/C(C)=C\C(=O)Nc2ccc(C(C)=O)cc2)C1.